The first-order valence-electron chi connectivity index (χ1n) is 35.9. The number of phenols is 7. The average Bonchev–Trinajstić information content (AvgIpc) is 0.778. The molecule has 0 fully saturated rings. The van der Waals surface area contributed by atoms with Crippen LogP contribution < -0.4 is 18.9 Å². The van der Waals surface area contributed by atoms with Crippen LogP contribution in [0.15, 0.2) is 206 Å². The van der Waals surface area contributed by atoms with Crippen molar-refractivity contribution in [3.63, 3.8) is 0 Å². The topological polar surface area (TPSA) is 273 Å². The summed E-state index contributed by atoms with van der Waals surface area (Å²) in [6, 6.07) is 61.0. The second kappa shape index (κ2) is 34.7. The Morgan fingerprint density at radius 1 is 0.318 bits per heavy atom. The lowest BCUT2D eigenvalue weighted by molar-refractivity contribution is -0.149. The zero-order valence-corrected chi connectivity index (χ0v) is 62.3. The molecule has 13 aromatic carbocycles. The highest BCUT2D eigenvalue weighted by molar-refractivity contribution is 6.14. The fourth-order valence-corrected chi connectivity index (χ4v) is 11.3. The zero-order chi connectivity index (χ0) is 77.6. The van der Waals surface area contributed by atoms with Gasteiger partial charge in [0.1, 0.15) is 46.9 Å². The molecule has 7 N–H and O–H groups in total. The van der Waals surface area contributed by atoms with Crippen molar-refractivity contribution in [2.24, 2.45) is 28.6 Å². The van der Waals surface area contributed by atoms with Gasteiger partial charge in [0, 0.05) is 75.4 Å². The van der Waals surface area contributed by atoms with Crippen molar-refractivity contribution in [3.05, 3.63) is 212 Å². The van der Waals surface area contributed by atoms with Crippen LogP contribution in [0.1, 0.15) is 121 Å². The van der Waals surface area contributed by atoms with Crippen molar-refractivity contribution in [1.29, 1.82) is 0 Å². The van der Waals surface area contributed by atoms with Crippen LogP contribution in [0, 0.1) is 28.6 Å². The summed E-state index contributed by atoms with van der Waals surface area (Å²) in [5, 5.41) is 80.9. The summed E-state index contributed by atoms with van der Waals surface area (Å²) in [7, 11) is 0. The Morgan fingerprint density at radius 2 is 0.598 bits per heavy atom. The molecule has 0 radical (unpaired) electrons. The summed E-state index contributed by atoms with van der Waals surface area (Å²) >= 11 is 0. The van der Waals surface area contributed by atoms with Gasteiger partial charge in [-0.2, -0.15) is 0 Å². The predicted octanol–water partition coefficient (Wildman–Crippen LogP) is 21.3. The largest absolute Gasteiger partial charge is 0.508 e. The average molecular weight is 1450 g/mol. The van der Waals surface area contributed by atoms with Gasteiger partial charge in [0.25, 0.3) is 0 Å². The maximum Gasteiger partial charge on any atom is 0.316 e. The number of ether oxygens (including phenoxy) is 5. The Hall–Kier alpha value is -12.1. The predicted molar refractivity (Wildman–Crippen MR) is 423 cm³/mol. The van der Waals surface area contributed by atoms with Gasteiger partial charge in [-0.3, -0.25) is 24.0 Å². The number of rotatable bonds is 16. The summed E-state index contributed by atoms with van der Waals surface area (Å²) in [5.74, 6) is -0.0766. The summed E-state index contributed by atoms with van der Waals surface area (Å²) in [6.07, 6.45) is 3.55. The first kappa shape index (κ1) is 79.0. The van der Waals surface area contributed by atoms with E-state index >= 15 is 0 Å². The van der Waals surface area contributed by atoms with Crippen molar-refractivity contribution in [1.82, 2.24) is 0 Å². The Morgan fingerprint density at radius 3 is 0.935 bits per heavy atom. The Bertz CT molecular complexity index is 5310. The number of hydrogen-bond acceptors (Lipinski definition) is 17. The molecule has 0 amide bonds. The molecule has 0 aliphatic carbocycles. The van der Waals surface area contributed by atoms with Crippen LogP contribution in [-0.2, 0) is 35.3 Å². The smallest absolute Gasteiger partial charge is 0.316 e. The molecule has 554 valence electrons. The van der Waals surface area contributed by atoms with Crippen LogP contribution in [0.2, 0.25) is 0 Å². The number of carbonyl (C=O) groups excluding carboxylic acids is 5. The van der Waals surface area contributed by atoms with E-state index in [0.717, 1.165) is 61.5 Å². The summed E-state index contributed by atoms with van der Waals surface area (Å²) in [6.45, 7) is 23.0. The molecule has 3 atom stereocenters. The molecule has 13 aromatic rings. The van der Waals surface area contributed by atoms with E-state index in [1.165, 1.54) is 12.1 Å². The van der Waals surface area contributed by atoms with Crippen molar-refractivity contribution in [2.75, 3.05) is 0 Å². The first-order valence-corrected chi connectivity index (χ1v) is 35.9. The van der Waals surface area contributed by atoms with Gasteiger partial charge in [-0.05, 0) is 125 Å². The maximum absolute atomic E-state index is 12.6. The fourth-order valence-electron chi connectivity index (χ4n) is 11.3. The Kier molecular flexibility index (Phi) is 25.6. The number of carbonyl (C=O) groups is 5. The van der Waals surface area contributed by atoms with Crippen molar-refractivity contribution in [2.45, 2.75) is 122 Å². The van der Waals surface area contributed by atoms with E-state index in [-0.39, 0.29) is 94.5 Å². The van der Waals surface area contributed by atoms with Gasteiger partial charge in [-0.25, -0.2) is 0 Å². The fraction of sp³-hybridized carbons (Fsp3) is 0.256. The standard InChI is InChI=1S/C20H20O4.C20H20O3.C19H18O4.C19H18O3.C12H16O3/c1-4-20(2,3)19(23)24-18-13-8-6-5-7-12(13)11-15-14(18)9-10-16(21)17(15)22;1-4-20(2,3)19(22)23-18-15-11-7-5-9-13(15)17(21)14-10-6-8-12-16(14)18;1-3-11(2)19(22)23-18-13-7-5-4-6-12(13)10-15-14(18)8-9-16(20)17(15)21;1-3-12(2)19(21)22-18-15-10-6-4-8-13(15)17(20)14-9-5-7-11-16(14)18;1-3-9(2)12(14)15-8-10-4-6-11(13)7-5-10/h5-11,21-22H,4H2,1-3H3;5-12,21H,4H2,1-3H3;4-11,20-21H,3H2,1-2H3;4-12,20H,3H2,1-2H3;4-7,9,13H,3,8H2,1-2H3. The van der Waals surface area contributed by atoms with Gasteiger partial charge in [0.2, 0.25) is 0 Å². The third-order valence-electron chi connectivity index (χ3n) is 19.6. The van der Waals surface area contributed by atoms with Crippen molar-refractivity contribution in [3.8, 4) is 63.2 Å². The molecule has 0 heterocycles. The van der Waals surface area contributed by atoms with E-state index in [0.29, 0.717) is 85.4 Å². The van der Waals surface area contributed by atoms with Gasteiger partial charge in [0.15, 0.2) is 23.0 Å². The molecule has 0 spiro atoms. The third-order valence-corrected chi connectivity index (χ3v) is 19.6. The van der Waals surface area contributed by atoms with E-state index < -0.39 is 10.8 Å². The lowest BCUT2D eigenvalue weighted by Crippen LogP contribution is -2.28. The molecule has 0 saturated heterocycles. The zero-order valence-electron chi connectivity index (χ0n) is 62.3. The number of phenolic OH excluding ortho intramolecular Hbond substituents is 7. The minimum absolute atomic E-state index is 0.0536. The minimum Gasteiger partial charge on any atom is -0.508 e. The monoisotopic (exact) mass is 1440 g/mol. The summed E-state index contributed by atoms with van der Waals surface area (Å²) in [5.41, 5.74) is -0.285. The first-order chi connectivity index (χ1) is 51.1. The Balaban J connectivity index is 0.000000156. The summed E-state index contributed by atoms with van der Waals surface area (Å²) < 4.78 is 28.0. The van der Waals surface area contributed by atoms with E-state index in [1.54, 1.807) is 48.5 Å². The minimum atomic E-state index is -0.609. The number of fused-ring (bicyclic) bond motifs is 8. The maximum atomic E-state index is 12.6. The molecule has 0 aliphatic heterocycles. The van der Waals surface area contributed by atoms with Crippen LogP contribution in [-0.4, -0.2) is 65.6 Å². The van der Waals surface area contributed by atoms with E-state index in [4.69, 9.17) is 28.8 Å². The molecule has 0 aromatic heterocycles. The van der Waals surface area contributed by atoms with Crippen LogP contribution in [0.3, 0.4) is 0 Å². The molecular formula is C90H92O17. The molecule has 0 bridgehead atoms. The van der Waals surface area contributed by atoms with Crippen LogP contribution >= 0.6 is 0 Å². The molecular weight excluding hydrogens is 1350 g/mol. The van der Waals surface area contributed by atoms with Gasteiger partial charge in [-0.1, -0.05) is 213 Å². The van der Waals surface area contributed by atoms with E-state index in [9.17, 15) is 54.6 Å². The number of benzene rings is 13. The molecule has 17 nitrogen and oxygen atoms in total. The van der Waals surface area contributed by atoms with Gasteiger partial charge < -0.3 is 59.4 Å². The highest BCUT2D eigenvalue weighted by Crippen LogP contribution is 2.47. The summed E-state index contributed by atoms with van der Waals surface area (Å²) in [4.78, 5) is 60.9. The van der Waals surface area contributed by atoms with E-state index in [1.807, 2.05) is 229 Å². The quantitative estimate of drug-likeness (QED) is 0.0205. The van der Waals surface area contributed by atoms with Crippen LogP contribution in [0.4, 0.5) is 0 Å². The SMILES string of the molecule is CCC(C)(C)C(=O)Oc1c2ccccc2c(O)c2ccccc12.CCC(C)(C)C(=O)Oc1c2ccccc2cc2c(O)c(O)ccc12.CCC(C)C(=O)OCc1ccc(O)cc1.CCC(C)C(=O)Oc1c2ccccc2c(O)c2ccccc12.CCC(C)C(=O)Oc1c2ccccc2cc2c(O)c(O)ccc12. The van der Waals surface area contributed by atoms with Crippen LogP contribution in [0.5, 0.6) is 63.2 Å². The number of aromatic hydroxyl groups is 7. The molecule has 3 unspecified atom stereocenters. The molecule has 13 rings (SSSR count). The molecule has 0 aliphatic rings. The molecule has 0 saturated carbocycles. The lowest BCUT2D eigenvalue weighted by atomic mass is 9.90. The van der Waals surface area contributed by atoms with Crippen molar-refractivity contribution < 1.29 is 83.4 Å². The highest BCUT2D eigenvalue weighted by atomic mass is 16.6. The van der Waals surface area contributed by atoms with Gasteiger partial charge in [-0.15, -0.1) is 0 Å². The van der Waals surface area contributed by atoms with E-state index in [2.05, 4.69) is 0 Å². The van der Waals surface area contributed by atoms with Gasteiger partial charge in [0.05, 0.1) is 28.6 Å². The number of hydrogen-bond donors (Lipinski definition) is 7. The third kappa shape index (κ3) is 17.8. The molecule has 17 heteroatoms. The second-order valence-corrected chi connectivity index (χ2v) is 27.7. The normalized spacial score (nSPS) is 12.1. The number of esters is 5. The lowest BCUT2D eigenvalue weighted by Gasteiger charge is -2.22. The Labute approximate surface area is 621 Å². The van der Waals surface area contributed by atoms with Crippen molar-refractivity contribution >= 4 is 116 Å². The van der Waals surface area contributed by atoms with Gasteiger partial charge >= 0.3 is 29.8 Å². The highest BCUT2D eigenvalue weighted by Gasteiger charge is 2.31. The molecule has 107 heavy (non-hydrogen) atoms. The second-order valence-electron chi connectivity index (χ2n) is 27.7. The van der Waals surface area contributed by atoms with Crippen LogP contribution in [0.25, 0.3) is 86.2 Å².